The number of carbonyl (C=O) groups excluding carboxylic acids is 2. The van der Waals surface area contributed by atoms with Gasteiger partial charge in [0.2, 0.25) is 21.8 Å². The van der Waals surface area contributed by atoms with Crippen LogP contribution in [0.3, 0.4) is 0 Å². The number of carbonyl (C=O) groups is 2. The molecule has 0 saturated heterocycles. The van der Waals surface area contributed by atoms with Crippen molar-refractivity contribution in [3.63, 3.8) is 0 Å². The Balaban J connectivity index is 1.82. The van der Waals surface area contributed by atoms with Gasteiger partial charge in [0.25, 0.3) is 0 Å². The van der Waals surface area contributed by atoms with E-state index >= 15 is 0 Å². The minimum absolute atomic E-state index is 0.0316. The van der Waals surface area contributed by atoms with Crippen molar-refractivity contribution in [2.45, 2.75) is 18.4 Å². The van der Waals surface area contributed by atoms with Crippen molar-refractivity contribution < 1.29 is 18.0 Å². The van der Waals surface area contributed by atoms with Gasteiger partial charge in [-0.15, -0.1) is 0 Å². The van der Waals surface area contributed by atoms with E-state index in [1.54, 1.807) is 54.6 Å². The molecule has 32 heavy (non-hydrogen) atoms. The summed E-state index contributed by atoms with van der Waals surface area (Å²) >= 11 is 3.36. The number of amides is 2. The Morgan fingerprint density at radius 3 is 2.12 bits per heavy atom. The van der Waals surface area contributed by atoms with Gasteiger partial charge >= 0.3 is 0 Å². The summed E-state index contributed by atoms with van der Waals surface area (Å²) in [7, 11) is -3.92. The van der Waals surface area contributed by atoms with Gasteiger partial charge in [0.1, 0.15) is 0 Å². The molecule has 0 aliphatic rings. The average molecular weight is 516 g/mol. The highest BCUT2D eigenvalue weighted by molar-refractivity contribution is 9.10. The van der Waals surface area contributed by atoms with Crippen LogP contribution in [-0.4, -0.2) is 31.1 Å². The molecule has 2 N–H and O–H groups in total. The second-order valence-electron chi connectivity index (χ2n) is 7.02. The van der Waals surface area contributed by atoms with Gasteiger partial charge in [-0.1, -0.05) is 52.3 Å². The van der Waals surface area contributed by atoms with Gasteiger partial charge in [-0.05, 0) is 48.0 Å². The van der Waals surface area contributed by atoms with E-state index in [4.69, 9.17) is 0 Å². The predicted molar refractivity (Wildman–Crippen MR) is 128 cm³/mol. The molecule has 0 atom stereocenters. The lowest BCUT2D eigenvalue weighted by Gasteiger charge is -2.22. The highest BCUT2D eigenvalue weighted by Crippen LogP contribution is 2.20. The Morgan fingerprint density at radius 2 is 1.50 bits per heavy atom. The molecule has 0 aromatic heterocycles. The van der Waals surface area contributed by atoms with E-state index in [0.717, 1.165) is 14.3 Å². The molecule has 0 spiro atoms. The fourth-order valence-electron chi connectivity index (χ4n) is 3.00. The van der Waals surface area contributed by atoms with Crippen LogP contribution in [0, 0.1) is 0 Å². The zero-order valence-electron chi connectivity index (χ0n) is 17.3. The molecule has 7 nitrogen and oxygen atoms in total. The molecule has 0 heterocycles. The minimum atomic E-state index is -3.92. The molecule has 2 amide bonds. The predicted octanol–water partition coefficient (Wildman–Crippen LogP) is 4.24. The van der Waals surface area contributed by atoms with Crippen molar-refractivity contribution in [3.8, 4) is 0 Å². The first kappa shape index (κ1) is 23.6. The molecule has 3 aromatic rings. The number of rotatable bonds is 8. The molecule has 0 aliphatic carbocycles. The van der Waals surface area contributed by atoms with Crippen LogP contribution in [0.4, 0.5) is 11.4 Å². The summed E-state index contributed by atoms with van der Waals surface area (Å²) in [6, 6.07) is 21.9. The maximum atomic E-state index is 13.3. The van der Waals surface area contributed by atoms with E-state index in [1.807, 2.05) is 12.1 Å². The van der Waals surface area contributed by atoms with Gasteiger partial charge < -0.3 is 10.6 Å². The molecule has 0 aliphatic heterocycles. The third-order valence-corrected chi connectivity index (χ3v) is 6.77. The lowest BCUT2D eigenvalue weighted by molar-refractivity contribution is -0.116. The van der Waals surface area contributed by atoms with Crippen LogP contribution in [0.25, 0.3) is 0 Å². The van der Waals surface area contributed by atoms with Gasteiger partial charge in [0, 0.05) is 29.3 Å². The number of benzene rings is 3. The smallest absolute Gasteiger partial charge is 0.243 e. The summed E-state index contributed by atoms with van der Waals surface area (Å²) in [6.07, 6.45) is 0. The maximum absolute atomic E-state index is 13.3. The zero-order valence-corrected chi connectivity index (χ0v) is 19.7. The van der Waals surface area contributed by atoms with Crippen LogP contribution < -0.4 is 10.6 Å². The van der Waals surface area contributed by atoms with Gasteiger partial charge in [-0.25, -0.2) is 8.42 Å². The van der Waals surface area contributed by atoms with E-state index < -0.39 is 15.9 Å². The van der Waals surface area contributed by atoms with Crippen LogP contribution in [-0.2, 0) is 26.2 Å². The molecule has 3 rings (SSSR count). The number of halogens is 1. The summed E-state index contributed by atoms with van der Waals surface area (Å²) in [6.45, 7) is 1.04. The van der Waals surface area contributed by atoms with E-state index in [2.05, 4.69) is 26.6 Å². The molecule has 166 valence electrons. The second-order valence-corrected chi connectivity index (χ2v) is 9.88. The zero-order chi connectivity index (χ0) is 23.1. The largest absolute Gasteiger partial charge is 0.326 e. The molecule has 0 unspecified atom stereocenters. The van der Waals surface area contributed by atoms with E-state index in [1.165, 1.54) is 19.1 Å². The summed E-state index contributed by atoms with van der Waals surface area (Å²) in [5.74, 6) is -0.732. The Morgan fingerprint density at radius 1 is 0.875 bits per heavy atom. The Labute approximate surface area is 195 Å². The number of sulfonamides is 1. The highest BCUT2D eigenvalue weighted by Gasteiger charge is 2.27. The van der Waals surface area contributed by atoms with Crippen LogP contribution in [0.2, 0.25) is 0 Å². The first-order valence-corrected chi connectivity index (χ1v) is 11.9. The summed E-state index contributed by atoms with van der Waals surface area (Å²) < 4.78 is 28.5. The lowest BCUT2D eigenvalue weighted by Crippen LogP contribution is -2.37. The van der Waals surface area contributed by atoms with Crippen molar-refractivity contribution in [3.05, 3.63) is 88.9 Å². The maximum Gasteiger partial charge on any atom is 0.243 e. The topological polar surface area (TPSA) is 95.6 Å². The van der Waals surface area contributed by atoms with Crippen molar-refractivity contribution in [1.82, 2.24) is 4.31 Å². The third-order valence-electron chi connectivity index (χ3n) is 4.44. The Bertz CT molecular complexity index is 1200. The standard InChI is InChI=1S/C23H22BrN3O4S/c1-17(28)25-20-6-5-7-21(14-20)26-23(29)16-27(15-18-10-12-19(24)13-11-18)32(30,31)22-8-3-2-4-9-22/h2-14H,15-16H2,1H3,(H,25,28)(H,26,29). The molecule has 0 bridgehead atoms. The van der Waals surface area contributed by atoms with Crippen LogP contribution >= 0.6 is 15.9 Å². The SMILES string of the molecule is CC(=O)Nc1cccc(NC(=O)CN(Cc2ccc(Br)cc2)S(=O)(=O)c2ccccc2)c1. The molecule has 3 aromatic carbocycles. The fraction of sp³-hybridized carbons (Fsp3) is 0.130. The summed E-state index contributed by atoms with van der Waals surface area (Å²) in [5, 5.41) is 5.34. The molecule has 0 saturated carbocycles. The van der Waals surface area contributed by atoms with E-state index in [-0.39, 0.29) is 23.9 Å². The average Bonchev–Trinajstić information content (AvgIpc) is 2.75. The normalized spacial score (nSPS) is 11.2. The van der Waals surface area contributed by atoms with Crippen molar-refractivity contribution in [2.24, 2.45) is 0 Å². The van der Waals surface area contributed by atoms with Crippen molar-refractivity contribution in [2.75, 3.05) is 17.2 Å². The van der Waals surface area contributed by atoms with Crippen molar-refractivity contribution in [1.29, 1.82) is 0 Å². The van der Waals surface area contributed by atoms with Crippen molar-refractivity contribution >= 4 is 49.1 Å². The number of hydrogen-bond donors (Lipinski definition) is 2. The van der Waals surface area contributed by atoms with E-state index in [9.17, 15) is 18.0 Å². The first-order chi connectivity index (χ1) is 15.2. The number of nitrogens with zero attached hydrogens (tertiary/aromatic N) is 1. The summed E-state index contributed by atoms with van der Waals surface area (Å²) in [4.78, 5) is 24.1. The highest BCUT2D eigenvalue weighted by atomic mass is 79.9. The second kappa shape index (κ2) is 10.5. The van der Waals surface area contributed by atoms with Gasteiger partial charge in [-0.2, -0.15) is 4.31 Å². The van der Waals surface area contributed by atoms with Crippen LogP contribution in [0.1, 0.15) is 12.5 Å². The van der Waals surface area contributed by atoms with Crippen LogP contribution in [0.15, 0.2) is 88.2 Å². The Kier molecular flexibility index (Phi) is 7.79. The van der Waals surface area contributed by atoms with Gasteiger partial charge in [-0.3, -0.25) is 9.59 Å². The molecular weight excluding hydrogens is 494 g/mol. The first-order valence-electron chi connectivity index (χ1n) is 9.71. The quantitative estimate of drug-likeness (QED) is 0.469. The minimum Gasteiger partial charge on any atom is -0.326 e. The number of hydrogen-bond acceptors (Lipinski definition) is 4. The lowest BCUT2D eigenvalue weighted by atomic mass is 10.2. The molecule has 9 heteroatoms. The van der Waals surface area contributed by atoms with Gasteiger partial charge in [0.15, 0.2) is 0 Å². The fourth-order valence-corrected chi connectivity index (χ4v) is 4.67. The number of anilines is 2. The Hall–Kier alpha value is -3.01. The van der Waals surface area contributed by atoms with E-state index in [0.29, 0.717) is 11.4 Å². The monoisotopic (exact) mass is 515 g/mol. The van der Waals surface area contributed by atoms with Crippen LogP contribution in [0.5, 0.6) is 0 Å². The van der Waals surface area contributed by atoms with Gasteiger partial charge in [0.05, 0.1) is 11.4 Å². The molecular formula is C23H22BrN3O4S. The number of nitrogens with one attached hydrogen (secondary N) is 2. The summed E-state index contributed by atoms with van der Waals surface area (Å²) in [5.41, 5.74) is 1.72. The molecule has 0 radical (unpaired) electrons. The third kappa shape index (κ3) is 6.49. The molecule has 0 fully saturated rings.